The molecule has 0 fully saturated rings. The molecule has 1 aromatic heterocycles. The topological polar surface area (TPSA) is 51.6 Å². The zero-order valence-corrected chi connectivity index (χ0v) is 12.9. The molecule has 6 heteroatoms. The van der Waals surface area contributed by atoms with Gasteiger partial charge in [0.1, 0.15) is 5.03 Å². The average molecular weight is 336 g/mol. The Morgan fingerprint density at radius 2 is 2.28 bits per heavy atom. The highest BCUT2D eigenvalue weighted by Gasteiger charge is 2.10. The number of pyridine rings is 1. The van der Waals surface area contributed by atoms with Crippen LogP contribution in [0.3, 0.4) is 0 Å². The van der Waals surface area contributed by atoms with E-state index in [0.29, 0.717) is 19.0 Å². The minimum absolute atomic E-state index is 0.00348. The number of aliphatic hydroxyl groups is 1. The molecule has 0 aliphatic rings. The number of nitrogens with zero attached hydrogens (tertiary/aromatic N) is 1. The third-order valence-electron chi connectivity index (χ3n) is 2.11. The first-order valence-electron chi connectivity index (χ1n) is 5.65. The second-order valence-electron chi connectivity index (χ2n) is 3.85. The number of hydrogen-bond donors (Lipinski definition) is 1. The molecule has 0 aromatic carbocycles. The van der Waals surface area contributed by atoms with Gasteiger partial charge in [-0.3, -0.25) is 0 Å². The Hall–Kier alpha value is -0.140. The summed E-state index contributed by atoms with van der Waals surface area (Å²) in [5, 5.41) is 10.7. The van der Waals surface area contributed by atoms with Crippen LogP contribution in [0.25, 0.3) is 0 Å². The third-order valence-corrected chi connectivity index (χ3v) is 4.16. The first kappa shape index (κ1) is 15.9. The van der Waals surface area contributed by atoms with Crippen molar-refractivity contribution in [2.45, 2.75) is 24.2 Å². The normalized spacial score (nSPS) is 14.4. The molecule has 0 aliphatic carbocycles. The molecule has 1 N–H and O–H groups in total. The fourth-order valence-corrected chi connectivity index (χ4v) is 2.64. The molecule has 0 amide bonds. The lowest BCUT2D eigenvalue weighted by atomic mass is 10.4. The Labute approximate surface area is 120 Å². The van der Waals surface area contributed by atoms with Crippen LogP contribution in [-0.2, 0) is 9.47 Å². The molecule has 0 saturated carbocycles. The van der Waals surface area contributed by atoms with Gasteiger partial charge in [-0.15, -0.1) is 11.8 Å². The summed E-state index contributed by atoms with van der Waals surface area (Å²) in [7, 11) is 1.63. The Balaban J connectivity index is 2.25. The highest BCUT2D eigenvalue weighted by atomic mass is 79.9. The van der Waals surface area contributed by atoms with Gasteiger partial charge in [0, 0.05) is 23.5 Å². The van der Waals surface area contributed by atoms with E-state index in [9.17, 15) is 5.11 Å². The summed E-state index contributed by atoms with van der Waals surface area (Å²) in [4.78, 5) is 4.22. The van der Waals surface area contributed by atoms with E-state index in [1.165, 1.54) is 11.8 Å². The lowest BCUT2D eigenvalue weighted by Gasteiger charge is -2.15. The number of halogens is 1. The van der Waals surface area contributed by atoms with E-state index >= 15 is 0 Å². The summed E-state index contributed by atoms with van der Waals surface area (Å²) < 4.78 is 11.3. The maximum Gasteiger partial charge on any atom is 0.110 e. The standard InChI is InChI=1S/C12H18BrNO3S/c1-9(6-16-2)17-7-10(15)8-18-12-11(13)4-3-5-14-12/h3-5,9-10,15H,6-8H2,1-2H3. The van der Waals surface area contributed by atoms with E-state index in [0.717, 1.165) is 9.50 Å². The van der Waals surface area contributed by atoms with E-state index in [4.69, 9.17) is 9.47 Å². The van der Waals surface area contributed by atoms with Crippen LogP contribution in [0.1, 0.15) is 6.92 Å². The number of hydrogen-bond acceptors (Lipinski definition) is 5. The zero-order valence-electron chi connectivity index (χ0n) is 10.5. The van der Waals surface area contributed by atoms with Gasteiger partial charge in [-0.25, -0.2) is 4.98 Å². The number of ether oxygens (including phenoxy) is 2. The number of thioether (sulfide) groups is 1. The van der Waals surface area contributed by atoms with Crippen LogP contribution in [0.5, 0.6) is 0 Å². The van der Waals surface area contributed by atoms with Crippen LogP contribution in [0, 0.1) is 0 Å². The van der Waals surface area contributed by atoms with Crippen LogP contribution in [0.2, 0.25) is 0 Å². The zero-order chi connectivity index (χ0) is 13.4. The molecule has 0 saturated heterocycles. The minimum atomic E-state index is -0.511. The quantitative estimate of drug-likeness (QED) is 0.739. The molecular formula is C12H18BrNO3S. The van der Waals surface area contributed by atoms with E-state index in [1.54, 1.807) is 13.3 Å². The first-order chi connectivity index (χ1) is 8.63. The van der Waals surface area contributed by atoms with Crippen molar-refractivity contribution in [3.63, 3.8) is 0 Å². The molecule has 102 valence electrons. The largest absolute Gasteiger partial charge is 0.390 e. The van der Waals surface area contributed by atoms with E-state index in [1.807, 2.05) is 19.1 Å². The van der Waals surface area contributed by atoms with Crippen molar-refractivity contribution in [2.75, 3.05) is 26.1 Å². The van der Waals surface area contributed by atoms with Gasteiger partial charge < -0.3 is 14.6 Å². The van der Waals surface area contributed by atoms with Crippen molar-refractivity contribution in [1.29, 1.82) is 0 Å². The van der Waals surface area contributed by atoms with E-state index < -0.39 is 6.10 Å². The Bertz CT molecular complexity index is 354. The van der Waals surface area contributed by atoms with Gasteiger partial charge in [-0.05, 0) is 35.0 Å². The number of rotatable bonds is 8. The Morgan fingerprint density at radius 1 is 1.50 bits per heavy atom. The maximum atomic E-state index is 9.79. The fraction of sp³-hybridized carbons (Fsp3) is 0.583. The summed E-state index contributed by atoms with van der Waals surface area (Å²) in [5.74, 6) is 0.551. The average Bonchev–Trinajstić information content (AvgIpc) is 2.36. The van der Waals surface area contributed by atoms with Gasteiger partial charge in [0.2, 0.25) is 0 Å². The smallest absolute Gasteiger partial charge is 0.110 e. The SMILES string of the molecule is COCC(C)OCC(O)CSc1ncccc1Br. The van der Waals surface area contributed by atoms with E-state index in [2.05, 4.69) is 20.9 Å². The first-order valence-corrected chi connectivity index (χ1v) is 7.43. The summed E-state index contributed by atoms with van der Waals surface area (Å²) in [6, 6.07) is 3.79. The molecule has 1 heterocycles. The van der Waals surface area contributed by atoms with Crippen molar-refractivity contribution < 1.29 is 14.6 Å². The lowest BCUT2D eigenvalue weighted by Crippen LogP contribution is -2.24. The molecule has 4 nitrogen and oxygen atoms in total. The molecule has 18 heavy (non-hydrogen) atoms. The van der Waals surface area contributed by atoms with Crippen LogP contribution < -0.4 is 0 Å². The van der Waals surface area contributed by atoms with E-state index in [-0.39, 0.29) is 6.10 Å². The van der Waals surface area contributed by atoms with Gasteiger partial charge in [0.05, 0.1) is 25.4 Å². The highest BCUT2D eigenvalue weighted by Crippen LogP contribution is 2.25. The predicted octanol–water partition coefficient (Wildman–Crippen LogP) is 2.35. The molecule has 0 radical (unpaired) electrons. The van der Waals surface area contributed by atoms with Crippen LogP contribution in [0.4, 0.5) is 0 Å². The van der Waals surface area contributed by atoms with Crippen molar-refractivity contribution >= 4 is 27.7 Å². The second kappa shape index (κ2) is 8.87. The monoisotopic (exact) mass is 335 g/mol. The lowest BCUT2D eigenvalue weighted by molar-refractivity contribution is -0.0257. The Morgan fingerprint density at radius 3 is 2.94 bits per heavy atom. The summed E-state index contributed by atoms with van der Waals surface area (Å²) in [6.07, 6.45) is 1.22. The van der Waals surface area contributed by atoms with Gasteiger partial charge in [0.15, 0.2) is 0 Å². The molecule has 1 aromatic rings. The molecule has 0 aliphatic heterocycles. The number of aliphatic hydroxyl groups excluding tert-OH is 1. The maximum absolute atomic E-state index is 9.79. The van der Waals surface area contributed by atoms with Crippen LogP contribution in [0.15, 0.2) is 27.8 Å². The summed E-state index contributed by atoms with van der Waals surface area (Å²) in [5.41, 5.74) is 0. The number of methoxy groups -OCH3 is 1. The molecular weight excluding hydrogens is 318 g/mol. The molecule has 2 unspecified atom stereocenters. The fourth-order valence-electron chi connectivity index (χ4n) is 1.26. The van der Waals surface area contributed by atoms with Crippen molar-refractivity contribution in [3.05, 3.63) is 22.8 Å². The molecule has 0 spiro atoms. The van der Waals surface area contributed by atoms with Gasteiger partial charge in [-0.2, -0.15) is 0 Å². The number of aromatic nitrogens is 1. The van der Waals surface area contributed by atoms with Gasteiger partial charge in [0.25, 0.3) is 0 Å². The van der Waals surface area contributed by atoms with Crippen LogP contribution >= 0.6 is 27.7 Å². The van der Waals surface area contributed by atoms with Crippen molar-refractivity contribution in [3.8, 4) is 0 Å². The van der Waals surface area contributed by atoms with Crippen molar-refractivity contribution in [1.82, 2.24) is 4.98 Å². The Kier molecular flexibility index (Phi) is 7.85. The second-order valence-corrected chi connectivity index (χ2v) is 5.72. The third kappa shape index (κ3) is 6.15. The summed E-state index contributed by atoms with van der Waals surface area (Å²) >= 11 is 4.92. The molecule has 2 atom stereocenters. The van der Waals surface area contributed by atoms with Crippen LogP contribution in [-0.4, -0.2) is 48.4 Å². The summed E-state index contributed by atoms with van der Waals surface area (Å²) in [6.45, 7) is 2.76. The molecule has 1 rings (SSSR count). The highest BCUT2D eigenvalue weighted by molar-refractivity contribution is 9.10. The van der Waals surface area contributed by atoms with Gasteiger partial charge in [-0.1, -0.05) is 0 Å². The molecule has 0 bridgehead atoms. The minimum Gasteiger partial charge on any atom is -0.390 e. The van der Waals surface area contributed by atoms with Crippen molar-refractivity contribution in [2.24, 2.45) is 0 Å². The van der Waals surface area contributed by atoms with Gasteiger partial charge >= 0.3 is 0 Å². The predicted molar refractivity (Wildman–Crippen MR) is 76.0 cm³/mol.